The van der Waals surface area contributed by atoms with Crippen molar-refractivity contribution in [1.29, 1.82) is 0 Å². The van der Waals surface area contributed by atoms with Gasteiger partial charge in [0.05, 0.1) is 5.88 Å². The number of halogens is 2. The van der Waals surface area contributed by atoms with Gasteiger partial charge in [0.1, 0.15) is 12.8 Å². The van der Waals surface area contributed by atoms with Crippen molar-refractivity contribution in [1.82, 2.24) is 0 Å². The van der Waals surface area contributed by atoms with Crippen LogP contribution in [0.25, 0.3) is 0 Å². The molecule has 0 unspecified atom stereocenters. The van der Waals surface area contributed by atoms with Gasteiger partial charge >= 0.3 is 0 Å². The van der Waals surface area contributed by atoms with Crippen molar-refractivity contribution >= 4 is 28.9 Å². The van der Waals surface area contributed by atoms with Gasteiger partial charge in [-0.3, -0.25) is 0 Å². The topological polar surface area (TPSA) is 21.6 Å². The zero-order valence-corrected chi connectivity index (χ0v) is 8.64. The highest BCUT2D eigenvalue weighted by Crippen LogP contribution is 2.16. The molecule has 0 aliphatic heterocycles. The molecule has 13 heavy (non-hydrogen) atoms. The van der Waals surface area contributed by atoms with Crippen LogP contribution in [0.15, 0.2) is 29.4 Å². The quantitative estimate of drug-likeness (QED) is 0.434. The van der Waals surface area contributed by atoms with Gasteiger partial charge < -0.3 is 4.84 Å². The van der Waals surface area contributed by atoms with Crippen LogP contribution in [0.4, 0.5) is 0 Å². The van der Waals surface area contributed by atoms with Gasteiger partial charge in [-0.05, 0) is 6.07 Å². The van der Waals surface area contributed by atoms with E-state index in [-0.39, 0.29) is 5.88 Å². The maximum Gasteiger partial charge on any atom is 0.106 e. The van der Waals surface area contributed by atoms with Gasteiger partial charge in [-0.25, -0.2) is 0 Å². The van der Waals surface area contributed by atoms with Gasteiger partial charge in [0.15, 0.2) is 0 Å². The molecule has 0 N–H and O–H groups in total. The number of alkyl halides is 1. The summed E-state index contributed by atoms with van der Waals surface area (Å²) >= 11 is 11.6. The lowest BCUT2D eigenvalue weighted by Crippen LogP contribution is -2.03. The molecule has 0 saturated heterocycles. The van der Waals surface area contributed by atoms with Crippen molar-refractivity contribution < 1.29 is 4.84 Å². The molecule has 0 saturated carbocycles. The normalized spacial score (nSPS) is 11.5. The van der Waals surface area contributed by atoms with Gasteiger partial charge in [-0.15, -0.1) is 11.6 Å². The van der Waals surface area contributed by atoms with Crippen molar-refractivity contribution in [2.45, 2.75) is 0 Å². The third-order valence-corrected chi connectivity index (χ3v) is 2.10. The predicted octanol–water partition coefficient (Wildman–Crippen LogP) is 2.93. The van der Waals surface area contributed by atoms with Crippen LogP contribution in [-0.4, -0.2) is 18.7 Å². The fourth-order valence-electron chi connectivity index (χ4n) is 0.951. The van der Waals surface area contributed by atoms with Crippen LogP contribution in [0.5, 0.6) is 0 Å². The Morgan fingerprint density at radius 2 is 2.15 bits per heavy atom. The molecule has 0 radical (unpaired) electrons. The van der Waals surface area contributed by atoms with Crippen molar-refractivity contribution in [3.05, 3.63) is 34.9 Å². The number of rotatable bonds is 3. The van der Waals surface area contributed by atoms with Gasteiger partial charge in [0, 0.05) is 10.6 Å². The van der Waals surface area contributed by atoms with E-state index in [1.807, 2.05) is 18.2 Å². The Balaban J connectivity index is 3.05. The summed E-state index contributed by atoms with van der Waals surface area (Å²) < 4.78 is 0. The highest BCUT2D eigenvalue weighted by molar-refractivity contribution is 6.38. The lowest BCUT2D eigenvalue weighted by atomic mass is 10.1. The van der Waals surface area contributed by atoms with Crippen LogP contribution >= 0.6 is 23.2 Å². The summed E-state index contributed by atoms with van der Waals surface area (Å²) in [6.07, 6.45) is 0. The van der Waals surface area contributed by atoms with Crippen molar-refractivity contribution in [3.63, 3.8) is 0 Å². The number of hydrogen-bond acceptors (Lipinski definition) is 2. The first kappa shape index (κ1) is 10.4. The highest BCUT2D eigenvalue weighted by atomic mass is 35.5. The van der Waals surface area contributed by atoms with Crippen molar-refractivity contribution in [3.8, 4) is 0 Å². The summed E-state index contributed by atoms with van der Waals surface area (Å²) in [5.74, 6) is 0.275. The number of hydrogen-bond donors (Lipinski definition) is 0. The van der Waals surface area contributed by atoms with Gasteiger partial charge in [-0.1, -0.05) is 35.0 Å². The monoisotopic (exact) mass is 217 g/mol. The van der Waals surface area contributed by atoms with Crippen LogP contribution < -0.4 is 0 Å². The molecule has 0 spiro atoms. The van der Waals surface area contributed by atoms with E-state index in [0.29, 0.717) is 10.7 Å². The predicted molar refractivity (Wildman–Crippen MR) is 55.7 cm³/mol. The van der Waals surface area contributed by atoms with E-state index in [1.54, 1.807) is 6.07 Å². The molecule has 0 atom stereocenters. The average Bonchev–Trinajstić information content (AvgIpc) is 2.16. The van der Waals surface area contributed by atoms with E-state index in [9.17, 15) is 0 Å². The fraction of sp³-hybridized carbons (Fsp3) is 0.222. The Hall–Kier alpha value is -0.730. The molecular weight excluding hydrogens is 209 g/mol. The van der Waals surface area contributed by atoms with E-state index in [4.69, 9.17) is 23.2 Å². The Kier molecular flexibility index (Phi) is 4.06. The van der Waals surface area contributed by atoms with Crippen LogP contribution in [0.3, 0.4) is 0 Å². The maximum atomic E-state index is 5.94. The zero-order chi connectivity index (χ0) is 9.68. The van der Waals surface area contributed by atoms with Crippen LogP contribution in [0.1, 0.15) is 5.56 Å². The van der Waals surface area contributed by atoms with E-state index in [0.717, 1.165) is 5.56 Å². The summed E-state index contributed by atoms with van der Waals surface area (Å²) in [6, 6.07) is 7.36. The maximum absolute atomic E-state index is 5.94. The molecule has 4 heteroatoms. The first-order valence-electron chi connectivity index (χ1n) is 3.70. The molecule has 2 nitrogen and oxygen atoms in total. The SMILES string of the molecule is CO/N=C(/CCl)c1ccccc1Cl. The van der Waals surface area contributed by atoms with E-state index >= 15 is 0 Å². The molecular formula is C9H9Cl2NO. The Morgan fingerprint density at radius 1 is 1.46 bits per heavy atom. The Morgan fingerprint density at radius 3 is 2.69 bits per heavy atom. The molecule has 0 fully saturated rings. The lowest BCUT2D eigenvalue weighted by molar-refractivity contribution is 0.213. The second-order valence-corrected chi connectivity index (χ2v) is 3.01. The minimum atomic E-state index is 0.275. The first-order chi connectivity index (χ1) is 6.29. The van der Waals surface area contributed by atoms with E-state index in [2.05, 4.69) is 9.99 Å². The molecule has 1 aromatic carbocycles. The third kappa shape index (κ3) is 2.61. The summed E-state index contributed by atoms with van der Waals surface area (Å²) in [6.45, 7) is 0. The molecule has 0 aliphatic carbocycles. The van der Waals surface area contributed by atoms with E-state index in [1.165, 1.54) is 7.11 Å². The smallest absolute Gasteiger partial charge is 0.106 e. The Bertz CT molecular complexity index is 312. The molecule has 0 aromatic heterocycles. The van der Waals surface area contributed by atoms with Crippen LogP contribution in [0, 0.1) is 0 Å². The van der Waals surface area contributed by atoms with E-state index < -0.39 is 0 Å². The molecule has 1 rings (SSSR count). The Labute approximate surface area is 87.1 Å². The standard InChI is InChI=1S/C9H9Cl2NO/c1-13-12-9(6-10)7-4-2-3-5-8(7)11/h2-5H,6H2,1H3/b12-9-. The molecule has 1 aromatic rings. The summed E-state index contributed by atoms with van der Waals surface area (Å²) in [4.78, 5) is 4.65. The van der Waals surface area contributed by atoms with Gasteiger partial charge in [0.2, 0.25) is 0 Å². The average molecular weight is 218 g/mol. The molecule has 70 valence electrons. The summed E-state index contributed by atoms with van der Waals surface area (Å²) in [7, 11) is 1.48. The zero-order valence-electron chi connectivity index (χ0n) is 7.13. The van der Waals surface area contributed by atoms with Gasteiger partial charge in [0.25, 0.3) is 0 Å². The second-order valence-electron chi connectivity index (χ2n) is 2.33. The van der Waals surface area contributed by atoms with Crippen LogP contribution in [-0.2, 0) is 4.84 Å². The van der Waals surface area contributed by atoms with Crippen molar-refractivity contribution in [2.24, 2.45) is 5.16 Å². The highest BCUT2D eigenvalue weighted by Gasteiger charge is 2.06. The van der Waals surface area contributed by atoms with Crippen LogP contribution in [0.2, 0.25) is 5.02 Å². The largest absolute Gasteiger partial charge is 0.399 e. The summed E-state index contributed by atoms with van der Waals surface area (Å²) in [5, 5.41) is 4.40. The minimum absolute atomic E-state index is 0.275. The second kappa shape index (κ2) is 5.10. The molecule has 0 heterocycles. The first-order valence-corrected chi connectivity index (χ1v) is 4.61. The number of benzene rings is 1. The van der Waals surface area contributed by atoms with Gasteiger partial charge in [-0.2, -0.15) is 0 Å². The third-order valence-electron chi connectivity index (χ3n) is 1.51. The molecule has 0 bridgehead atoms. The molecule has 0 aliphatic rings. The van der Waals surface area contributed by atoms with Crippen molar-refractivity contribution in [2.75, 3.05) is 13.0 Å². The molecule has 0 amide bonds. The minimum Gasteiger partial charge on any atom is -0.399 e. The lowest BCUT2D eigenvalue weighted by Gasteiger charge is -2.03. The number of oxime groups is 1. The number of nitrogens with zero attached hydrogens (tertiary/aromatic N) is 1. The fourth-order valence-corrected chi connectivity index (χ4v) is 1.39. The summed E-state index contributed by atoms with van der Waals surface area (Å²) in [5.41, 5.74) is 1.44.